The molecule has 0 saturated carbocycles. The van der Waals surface area contributed by atoms with Crippen LogP contribution >= 0.6 is 0 Å². The summed E-state index contributed by atoms with van der Waals surface area (Å²) >= 11 is 0. The zero-order valence-corrected chi connectivity index (χ0v) is 15.7. The lowest BCUT2D eigenvalue weighted by Crippen LogP contribution is -2.18. The first-order valence-corrected chi connectivity index (χ1v) is 8.86. The highest BCUT2D eigenvalue weighted by Gasteiger charge is 2.10. The van der Waals surface area contributed by atoms with Crippen LogP contribution in [-0.4, -0.2) is 41.1 Å². The molecule has 5 heteroatoms. The summed E-state index contributed by atoms with van der Waals surface area (Å²) in [6.45, 7) is 1.16. The number of hydrogen-bond acceptors (Lipinski definition) is 4. The van der Waals surface area contributed by atoms with Gasteiger partial charge < -0.3 is 9.75 Å². The molecule has 3 aromatic rings. The molecule has 0 amide bonds. The smallest absolute Gasteiger partial charge is 0.165 e. The van der Waals surface area contributed by atoms with E-state index in [-0.39, 0.29) is 0 Å². The molecule has 138 valence electrons. The molecule has 0 bridgehead atoms. The normalized spacial score (nSPS) is 11.9. The minimum absolute atomic E-state index is 0.550. The third kappa shape index (κ3) is 5.39. The standard InChI is InChI=1S/C22H24N4O/c1-25(2)24-22(26-15-14-23-18-26)21-13-7-6-11-20(21)12-8-16-27-17-19-9-4-3-5-10-19/h3-15,18H,16-17H2,1-2H3/b12-8+,24-22?. The van der Waals surface area contributed by atoms with Gasteiger partial charge in [0, 0.05) is 32.1 Å². The number of imidazole rings is 1. The first kappa shape index (κ1) is 18.6. The van der Waals surface area contributed by atoms with Gasteiger partial charge in [-0.15, -0.1) is 0 Å². The second-order valence-corrected chi connectivity index (χ2v) is 6.23. The summed E-state index contributed by atoms with van der Waals surface area (Å²) in [7, 11) is 3.82. The van der Waals surface area contributed by atoms with Gasteiger partial charge in [-0.1, -0.05) is 66.7 Å². The van der Waals surface area contributed by atoms with Crippen molar-refractivity contribution < 1.29 is 4.74 Å². The zero-order chi connectivity index (χ0) is 18.9. The SMILES string of the molecule is CN(C)N=C(c1ccccc1/C=C/COCc1ccccc1)n1ccnc1. The molecule has 0 radical (unpaired) electrons. The lowest BCUT2D eigenvalue weighted by atomic mass is 10.1. The third-order valence-electron chi connectivity index (χ3n) is 3.87. The molecule has 0 atom stereocenters. The van der Waals surface area contributed by atoms with Crippen LogP contribution in [0.25, 0.3) is 6.08 Å². The van der Waals surface area contributed by atoms with Gasteiger partial charge in [-0.25, -0.2) is 4.98 Å². The van der Waals surface area contributed by atoms with Crippen LogP contribution in [0, 0.1) is 0 Å². The third-order valence-corrected chi connectivity index (χ3v) is 3.87. The Morgan fingerprint density at radius 1 is 1.11 bits per heavy atom. The van der Waals surface area contributed by atoms with Crippen molar-refractivity contribution in [3.8, 4) is 0 Å². The molecule has 0 saturated heterocycles. The molecule has 5 nitrogen and oxygen atoms in total. The first-order chi connectivity index (χ1) is 13.2. The van der Waals surface area contributed by atoms with E-state index in [1.54, 1.807) is 17.5 Å². The Labute approximate surface area is 160 Å². The van der Waals surface area contributed by atoms with E-state index in [0.29, 0.717) is 13.2 Å². The zero-order valence-electron chi connectivity index (χ0n) is 15.7. The second kappa shape index (κ2) is 9.50. The Morgan fingerprint density at radius 2 is 1.89 bits per heavy atom. The van der Waals surface area contributed by atoms with Gasteiger partial charge in [0.1, 0.15) is 6.33 Å². The van der Waals surface area contributed by atoms with Gasteiger partial charge in [0.05, 0.1) is 13.2 Å². The lowest BCUT2D eigenvalue weighted by Gasteiger charge is -2.14. The van der Waals surface area contributed by atoms with Gasteiger partial charge in [0.2, 0.25) is 0 Å². The molecular weight excluding hydrogens is 336 g/mol. The predicted octanol–water partition coefficient (Wildman–Crippen LogP) is 3.88. The van der Waals surface area contributed by atoms with Crippen LogP contribution < -0.4 is 0 Å². The van der Waals surface area contributed by atoms with E-state index in [4.69, 9.17) is 4.74 Å². The quantitative estimate of drug-likeness (QED) is 0.278. The highest BCUT2D eigenvalue weighted by molar-refractivity contribution is 6.03. The average molecular weight is 360 g/mol. The van der Waals surface area contributed by atoms with Gasteiger partial charge in [0.25, 0.3) is 0 Å². The summed E-state index contributed by atoms with van der Waals surface area (Å²) in [4.78, 5) is 4.15. The average Bonchev–Trinajstić information content (AvgIpc) is 3.21. The summed E-state index contributed by atoms with van der Waals surface area (Å²) in [6, 6.07) is 18.3. The number of nitrogens with zero attached hydrogens (tertiary/aromatic N) is 4. The fourth-order valence-corrected chi connectivity index (χ4v) is 2.66. The molecule has 27 heavy (non-hydrogen) atoms. The number of rotatable bonds is 7. The van der Waals surface area contributed by atoms with Crippen molar-refractivity contribution in [3.63, 3.8) is 0 Å². The van der Waals surface area contributed by atoms with Gasteiger partial charge in [-0.3, -0.25) is 4.57 Å². The molecule has 0 unspecified atom stereocenters. The molecule has 1 heterocycles. The summed E-state index contributed by atoms with van der Waals surface area (Å²) < 4.78 is 7.65. The van der Waals surface area contributed by atoms with E-state index in [2.05, 4.69) is 40.4 Å². The van der Waals surface area contributed by atoms with Crippen molar-refractivity contribution in [2.45, 2.75) is 6.61 Å². The minimum Gasteiger partial charge on any atom is -0.373 e. The molecule has 0 aliphatic rings. The van der Waals surface area contributed by atoms with Crippen molar-refractivity contribution in [2.24, 2.45) is 5.10 Å². The number of aromatic nitrogens is 2. The fraction of sp³-hybridized carbons (Fsp3) is 0.182. The highest BCUT2D eigenvalue weighted by Crippen LogP contribution is 2.14. The van der Waals surface area contributed by atoms with E-state index in [1.165, 1.54) is 5.56 Å². The summed E-state index contributed by atoms with van der Waals surface area (Å²) in [6.07, 6.45) is 9.50. The van der Waals surface area contributed by atoms with Crippen LogP contribution in [0.4, 0.5) is 0 Å². The van der Waals surface area contributed by atoms with Crippen molar-refractivity contribution in [1.29, 1.82) is 0 Å². The van der Waals surface area contributed by atoms with Crippen LogP contribution in [0.3, 0.4) is 0 Å². The summed E-state index contributed by atoms with van der Waals surface area (Å²) in [5, 5.41) is 6.43. The predicted molar refractivity (Wildman–Crippen MR) is 109 cm³/mol. The van der Waals surface area contributed by atoms with E-state index >= 15 is 0 Å². The highest BCUT2D eigenvalue weighted by atomic mass is 16.5. The van der Waals surface area contributed by atoms with E-state index in [9.17, 15) is 0 Å². The largest absolute Gasteiger partial charge is 0.373 e. The molecule has 1 aromatic heterocycles. The van der Waals surface area contributed by atoms with Crippen molar-refractivity contribution in [2.75, 3.05) is 20.7 Å². The van der Waals surface area contributed by atoms with Crippen LogP contribution in [-0.2, 0) is 11.3 Å². The molecule has 0 aliphatic heterocycles. The maximum absolute atomic E-state index is 5.74. The van der Waals surface area contributed by atoms with Gasteiger partial charge >= 0.3 is 0 Å². The van der Waals surface area contributed by atoms with Crippen LogP contribution in [0.1, 0.15) is 16.7 Å². The topological polar surface area (TPSA) is 42.6 Å². The minimum atomic E-state index is 0.550. The maximum atomic E-state index is 5.74. The van der Waals surface area contributed by atoms with Gasteiger partial charge in [0.15, 0.2) is 5.84 Å². The second-order valence-electron chi connectivity index (χ2n) is 6.23. The number of hydrogen-bond donors (Lipinski definition) is 0. The molecule has 3 rings (SSSR count). The maximum Gasteiger partial charge on any atom is 0.165 e. The summed E-state index contributed by atoms with van der Waals surface area (Å²) in [5.74, 6) is 0.822. The Hall–Kier alpha value is -3.18. The van der Waals surface area contributed by atoms with E-state index in [0.717, 1.165) is 17.0 Å². The van der Waals surface area contributed by atoms with Crippen molar-refractivity contribution in [3.05, 3.63) is 96.1 Å². The Bertz CT molecular complexity index is 884. The Balaban J connectivity index is 1.73. The molecule has 0 N–H and O–H groups in total. The van der Waals surface area contributed by atoms with Crippen LogP contribution in [0.5, 0.6) is 0 Å². The van der Waals surface area contributed by atoms with E-state index < -0.39 is 0 Å². The number of benzene rings is 2. The molecule has 0 aliphatic carbocycles. The van der Waals surface area contributed by atoms with Gasteiger partial charge in [-0.2, -0.15) is 5.10 Å². The monoisotopic (exact) mass is 360 g/mol. The molecule has 0 spiro atoms. The van der Waals surface area contributed by atoms with Gasteiger partial charge in [-0.05, 0) is 11.1 Å². The number of ether oxygens (including phenoxy) is 1. The Kier molecular flexibility index (Phi) is 6.55. The first-order valence-electron chi connectivity index (χ1n) is 8.86. The van der Waals surface area contributed by atoms with Crippen LogP contribution in [0.15, 0.2) is 84.5 Å². The lowest BCUT2D eigenvalue weighted by molar-refractivity contribution is 0.149. The molecular formula is C22H24N4O. The molecule has 0 fully saturated rings. The van der Waals surface area contributed by atoms with Crippen LogP contribution in [0.2, 0.25) is 0 Å². The summed E-state index contributed by atoms with van der Waals surface area (Å²) in [5.41, 5.74) is 3.28. The Morgan fingerprint density at radius 3 is 2.63 bits per heavy atom. The van der Waals surface area contributed by atoms with E-state index in [1.807, 2.05) is 61.3 Å². The number of hydrazone groups is 1. The van der Waals surface area contributed by atoms with Crippen molar-refractivity contribution >= 4 is 11.9 Å². The molecule has 2 aromatic carbocycles. The van der Waals surface area contributed by atoms with Crippen molar-refractivity contribution in [1.82, 2.24) is 14.6 Å². The fourth-order valence-electron chi connectivity index (χ4n) is 2.66.